The first-order valence-electron chi connectivity index (χ1n) is 4.17. The van der Waals surface area contributed by atoms with Gasteiger partial charge in [0.1, 0.15) is 0 Å². The lowest BCUT2D eigenvalue weighted by Gasteiger charge is -2.11. The normalized spacial score (nSPS) is 12.1. The van der Waals surface area contributed by atoms with E-state index in [1.807, 2.05) is 0 Å². The molecule has 1 rings (SSSR count). The zero-order valence-electron chi connectivity index (χ0n) is 7.78. The minimum atomic E-state index is -0.386. The van der Waals surface area contributed by atoms with Gasteiger partial charge in [-0.15, -0.1) is 0 Å². The zero-order valence-corrected chi connectivity index (χ0v) is 7.78. The van der Waals surface area contributed by atoms with Gasteiger partial charge in [0.25, 0.3) is 5.56 Å². The molecule has 0 saturated heterocycles. The maximum atomic E-state index is 10.8. The molecule has 0 saturated carbocycles. The van der Waals surface area contributed by atoms with E-state index in [9.17, 15) is 9.59 Å². The summed E-state index contributed by atoms with van der Waals surface area (Å²) in [5.41, 5.74) is 5.30. The Labute approximate surface area is 80.5 Å². The van der Waals surface area contributed by atoms with E-state index in [1.54, 1.807) is 6.92 Å². The number of carbonyl (C=O) groups excluding carboxylic acids is 1. The summed E-state index contributed by atoms with van der Waals surface area (Å²) in [5.74, 6) is -0.386. The van der Waals surface area contributed by atoms with E-state index in [2.05, 4.69) is 15.5 Å². The largest absolute Gasteiger partial charge is 0.381 e. The number of nitrogens with two attached hydrogens (primary N) is 1. The molecule has 1 unspecified atom stereocenters. The average Bonchev–Trinajstić information content (AvgIpc) is 2.01. The third-order valence-corrected chi connectivity index (χ3v) is 1.59. The van der Waals surface area contributed by atoms with Gasteiger partial charge < -0.3 is 11.1 Å². The SMILES string of the molecule is CC(CC(N)=O)Nc1cn[nH]c(=O)c1. The summed E-state index contributed by atoms with van der Waals surface area (Å²) in [5, 5.41) is 8.78. The number of aromatic amines is 1. The summed E-state index contributed by atoms with van der Waals surface area (Å²) in [6, 6.07) is 1.25. The van der Waals surface area contributed by atoms with E-state index in [4.69, 9.17) is 5.73 Å². The van der Waals surface area contributed by atoms with Crippen molar-refractivity contribution in [3.8, 4) is 0 Å². The maximum Gasteiger partial charge on any atom is 0.266 e. The molecule has 0 spiro atoms. The van der Waals surface area contributed by atoms with Crippen molar-refractivity contribution in [1.82, 2.24) is 10.2 Å². The fourth-order valence-electron chi connectivity index (χ4n) is 1.09. The van der Waals surface area contributed by atoms with Crippen LogP contribution < -0.4 is 16.6 Å². The molecule has 1 amide bonds. The number of nitrogens with zero attached hydrogens (tertiary/aromatic N) is 1. The van der Waals surface area contributed by atoms with Crippen LogP contribution in [0.5, 0.6) is 0 Å². The summed E-state index contributed by atoms with van der Waals surface area (Å²) in [4.78, 5) is 21.4. The van der Waals surface area contributed by atoms with Crippen LogP contribution in [-0.4, -0.2) is 22.1 Å². The Balaban J connectivity index is 2.60. The van der Waals surface area contributed by atoms with E-state index < -0.39 is 0 Å². The van der Waals surface area contributed by atoms with Crippen molar-refractivity contribution < 1.29 is 4.79 Å². The van der Waals surface area contributed by atoms with Gasteiger partial charge in [-0.2, -0.15) is 5.10 Å². The quantitative estimate of drug-likeness (QED) is 0.601. The maximum absolute atomic E-state index is 10.8. The van der Waals surface area contributed by atoms with Gasteiger partial charge in [-0.05, 0) is 6.92 Å². The molecule has 0 aliphatic rings. The smallest absolute Gasteiger partial charge is 0.266 e. The van der Waals surface area contributed by atoms with Crippen molar-refractivity contribution in [3.63, 3.8) is 0 Å². The second-order valence-electron chi connectivity index (χ2n) is 3.05. The van der Waals surface area contributed by atoms with E-state index in [0.29, 0.717) is 5.69 Å². The van der Waals surface area contributed by atoms with Gasteiger partial charge in [0, 0.05) is 18.5 Å². The van der Waals surface area contributed by atoms with Gasteiger partial charge in [0.15, 0.2) is 0 Å². The van der Waals surface area contributed by atoms with Crippen molar-refractivity contribution in [2.75, 3.05) is 5.32 Å². The molecule has 4 N–H and O–H groups in total. The number of H-pyrrole nitrogens is 1. The van der Waals surface area contributed by atoms with Crippen LogP contribution in [0, 0.1) is 0 Å². The van der Waals surface area contributed by atoms with Gasteiger partial charge >= 0.3 is 0 Å². The van der Waals surface area contributed by atoms with Crippen molar-refractivity contribution >= 4 is 11.6 Å². The Kier molecular flexibility index (Phi) is 3.22. The fraction of sp³-hybridized carbons (Fsp3) is 0.375. The lowest BCUT2D eigenvalue weighted by atomic mass is 10.2. The first-order valence-corrected chi connectivity index (χ1v) is 4.17. The molecule has 6 nitrogen and oxygen atoms in total. The van der Waals surface area contributed by atoms with Crippen LogP contribution in [0.4, 0.5) is 5.69 Å². The molecule has 0 radical (unpaired) electrons. The second kappa shape index (κ2) is 4.40. The van der Waals surface area contributed by atoms with E-state index in [-0.39, 0.29) is 23.9 Å². The van der Waals surface area contributed by atoms with Gasteiger partial charge in [0.05, 0.1) is 11.9 Å². The average molecular weight is 196 g/mol. The molecule has 14 heavy (non-hydrogen) atoms. The lowest BCUT2D eigenvalue weighted by Crippen LogP contribution is -2.24. The number of primary amides is 1. The highest BCUT2D eigenvalue weighted by atomic mass is 16.1. The lowest BCUT2D eigenvalue weighted by molar-refractivity contribution is -0.118. The minimum absolute atomic E-state index is 0.115. The molecule has 0 bridgehead atoms. The highest BCUT2D eigenvalue weighted by molar-refractivity contribution is 5.74. The first-order chi connectivity index (χ1) is 6.58. The summed E-state index contributed by atoms with van der Waals surface area (Å²) in [6.45, 7) is 1.80. The third-order valence-electron chi connectivity index (χ3n) is 1.59. The highest BCUT2D eigenvalue weighted by Gasteiger charge is 2.05. The number of carbonyl (C=O) groups is 1. The Morgan fingerprint density at radius 1 is 1.79 bits per heavy atom. The molecule has 1 aromatic rings. The number of rotatable bonds is 4. The molecule has 6 heteroatoms. The fourth-order valence-corrected chi connectivity index (χ4v) is 1.09. The van der Waals surface area contributed by atoms with Crippen molar-refractivity contribution in [2.45, 2.75) is 19.4 Å². The van der Waals surface area contributed by atoms with Crippen LogP contribution in [0.25, 0.3) is 0 Å². The Morgan fingerprint density at radius 3 is 3.07 bits per heavy atom. The van der Waals surface area contributed by atoms with Crippen LogP contribution in [-0.2, 0) is 4.79 Å². The van der Waals surface area contributed by atoms with Gasteiger partial charge in [-0.1, -0.05) is 0 Å². The van der Waals surface area contributed by atoms with Crippen LogP contribution in [0.15, 0.2) is 17.1 Å². The van der Waals surface area contributed by atoms with E-state index >= 15 is 0 Å². The topological polar surface area (TPSA) is 101 Å². The summed E-state index contributed by atoms with van der Waals surface area (Å²) < 4.78 is 0. The van der Waals surface area contributed by atoms with Gasteiger partial charge in [0.2, 0.25) is 5.91 Å². The van der Waals surface area contributed by atoms with Crippen molar-refractivity contribution in [3.05, 3.63) is 22.6 Å². The molecule has 76 valence electrons. The summed E-state index contributed by atoms with van der Waals surface area (Å²) >= 11 is 0. The van der Waals surface area contributed by atoms with Crippen molar-refractivity contribution in [1.29, 1.82) is 0 Å². The number of anilines is 1. The standard InChI is InChI=1S/C8H12N4O2/c1-5(2-7(9)13)11-6-3-8(14)12-10-4-6/h3-5H,2H2,1H3,(H2,9,13)(H2,11,12,14). The first kappa shape index (κ1) is 10.2. The molecule has 0 aliphatic carbocycles. The molecule has 1 atom stereocenters. The van der Waals surface area contributed by atoms with Gasteiger partial charge in [-0.25, -0.2) is 5.10 Å². The van der Waals surface area contributed by atoms with E-state index in [1.165, 1.54) is 12.3 Å². The molecule has 0 aromatic carbocycles. The molecular formula is C8H12N4O2. The number of hydrogen-bond donors (Lipinski definition) is 3. The zero-order chi connectivity index (χ0) is 10.6. The summed E-state index contributed by atoms with van der Waals surface area (Å²) in [6.07, 6.45) is 1.69. The monoisotopic (exact) mass is 196 g/mol. The second-order valence-corrected chi connectivity index (χ2v) is 3.05. The molecular weight excluding hydrogens is 184 g/mol. The Morgan fingerprint density at radius 2 is 2.50 bits per heavy atom. The molecule has 0 fully saturated rings. The Hall–Kier alpha value is -1.85. The highest BCUT2D eigenvalue weighted by Crippen LogP contribution is 2.03. The molecule has 1 aromatic heterocycles. The summed E-state index contributed by atoms with van der Waals surface area (Å²) in [7, 11) is 0. The van der Waals surface area contributed by atoms with Crippen LogP contribution in [0.1, 0.15) is 13.3 Å². The van der Waals surface area contributed by atoms with Crippen LogP contribution >= 0.6 is 0 Å². The minimum Gasteiger partial charge on any atom is -0.381 e. The number of nitrogens with one attached hydrogen (secondary N) is 2. The number of amides is 1. The van der Waals surface area contributed by atoms with Crippen LogP contribution in [0.3, 0.4) is 0 Å². The predicted octanol–water partition coefficient (Wildman–Crippen LogP) is -0.554. The van der Waals surface area contributed by atoms with Crippen LogP contribution in [0.2, 0.25) is 0 Å². The van der Waals surface area contributed by atoms with Gasteiger partial charge in [-0.3, -0.25) is 9.59 Å². The molecule has 0 aliphatic heterocycles. The third kappa shape index (κ3) is 3.26. The number of aromatic nitrogens is 2. The molecule has 1 heterocycles. The predicted molar refractivity (Wildman–Crippen MR) is 51.8 cm³/mol. The number of hydrogen-bond acceptors (Lipinski definition) is 4. The van der Waals surface area contributed by atoms with E-state index in [0.717, 1.165) is 0 Å². The van der Waals surface area contributed by atoms with Crippen molar-refractivity contribution in [2.24, 2.45) is 5.73 Å². The Bertz CT molecular complexity index is 374.